The Morgan fingerprint density at radius 2 is 1.50 bits per heavy atom. The monoisotopic (exact) mass is 461 g/mol. The minimum atomic E-state index is -0.477. The van der Waals surface area contributed by atoms with E-state index in [9.17, 15) is 14.4 Å². The van der Waals surface area contributed by atoms with Gasteiger partial charge in [-0.05, 0) is 38.0 Å². The van der Waals surface area contributed by atoms with Gasteiger partial charge < -0.3 is 14.2 Å². The summed E-state index contributed by atoms with van der Waals surface area (Å²) in [6.45, 7) is 5.98. The smallest absolute Gasteiger partial charge is 0.310 e. The number of amides is 2. The average molecular weight is 462 g/mol. The maximum Gasteiger partial charge on any atom is 0.310 e. The van der Waals surface area contributed by atoms with Gasteiger partial charge in [0.1, 0.15) is 11.5 Å². The fraction of sp³-hybridized carbons (Fsp3) is 0.296. The van der Waals surface area contributed by atoms with Crippen LogP contribution in [0.5, 0.6) is 11.5 Å². The minimum absolute atomic E-state index is 0.113. The quantitative estimate of drug-likeness (QED) is 0.349. The van der Waals surface area contributed by atoms with Gasteiger partial charge in [-0.3, -0.25) is 14.4 Å². The number of anilines is 1. The molecule has 1 heterocycles. The summed E-state index contributed by atoms with van der Waals surface area (Å²) >= 11 is 0. The van der Waals surface area contributed by atoms with E-state index in [0.717, 1.165) is 16.9 Å². The molecule has 1 aliphatic rings. The van der Waals surface area contributed by atoms with Crippen LogP contribution in [0.25, 0.3) is 10.8 Å². The highest BCUT2D eigenvalue weighted by molar-refractivity contribution is 6.38. The Balaban J connectivity index is 1.81. The maximum absolute atomic E-state index is 13.7. The number of imide groups is 1. The number of hydrogen-bond acceptors (Lipinski definition) is 6. The highest BCUT2D eigenvalue weighted by Gasteiger charge is 2.43. The summed E-state index contributed by atoms with van der Waals surface area (Å²) in [6.07, 6.45) is 0.700. The number of esters is 1. The molecule has 7 heteroatoms. The molecule has 0 spiro atoms. The Kier molecular flexibility index (Phi) is 6.54. The van der Waals surface area contributed by atoms with Gasteiger partial charge in [0, 0.05) is 10.8 Å². The van der Waals surface area contributed by atoms with Crippen LogP contribution in [0.1, 0.15) is 53.5 Å². The van der Waals surface area contributed by atoms with E-state index in [1.807, 2.05) is 38.1 Å². The second-order valence-corrected chi connectivity index (χ2v) is 8.09. The van der Waals surface area contributed by atoms with Crippen molar-refractivity contribution in [1.82, 2.24) is 0 Å². The van der Waals surface area contributed by atoms with Crippen molar-refractivity contribution in [2.75, 3.05) is 18.6 Å². The molecule has 176 valence electrons. The zero-order valence-corrected chi connectivity index (χ0v) is 19.7. The van der Waals surface area contributed by atoms with Crippen LogP contribution in [0.15, 0.2) is 48.5 Å². The first kappa shape index (κ1) is 23.3. The van der Waals surface area contributed by atoms with Crippen LogP contribution >= 0.6 is 0 Å². The van der Waals surface area contributed by atoms with Crippen LogP contribution in [0.3, 0.4) is 0 Å². The third-order valence-corrected chi connectivity index (χ3v) is 5.90. The van der Waals surface area contributed by atoms with Crippen molar-refractivity contribution in [1.29, 1.82) is 0 Å². The summed E-state index contributed by atoms with van der Waals surface area (Å²) in [4.78, 5) is 40.1. The van der Waals surface area contributed by atoms with Gasteiger partial charge in [-0.25, -0.2) is 4.90 Å². The van der Waals surface area contributed by atoms with Crippen molar-refractivity contribution in [3.05, 3.63) is 65.2 Å². The number of nitrogens with zero attached hydrogens (tertiary/aromatic N) is 1. The normalized spacial score (nSPS) is 13.7. The molecule has 0 radical (unpaired) electrons. The van der Waals surface area contributed by atoms with Gasteiger partial charge in [-0.2, -0.15) is 0 Å². The van der Waals surface area contributed by atoms with Crippen LogP contribution in [0, 0.1) is 0 Å². The number of rotatable bonds is 8. The molecule has 0 aliphatic carbocycles. The van der Waals surface area contributed by atoms with Gasteiger partial charge in [0.05, 0.1) is 43.1 Å². The molecule has 7 nitrogen and oxygen atoms in total. The molecular weight excluding hydrogens is 434 g/mol. The molecule has 34 heavy (non-hydrogen) atoms. The summed E-state index contributed by atoms with van der Waals surface area (Å²) in [5.74, 6) is -0.545. The van der Waals surface area contributed by atoms with Crippen molar-refractivity contribution >= 4 is 34.2 Å². The molecule has 0 N–H and O–H groups in total. The van der Waals surface area contributed by atoms with Crippen molar-refractivity contribution in [2.24, 2.45) is 0 Å². The highest BCUT2D eigenvalue weighted by Crippen LogP contribution is 2.46. The third-order valence-electron chi connectivity index (χ3n) is 5.90. The van der Waals surface area contributed by atoms with Gasteiger partial charge >= 0.3 is 5.97 Å². The van der Waals surface area contributed by atoms with Crippen LogP contribution in [-0.2, 0) is 16.0 Å². The molecular formula is C27H27NO6. The topological polar surface area (TPSA) is 82.1 Å². The SMILES string of the molecule is CCOC(=O)Cc1ccc(N2C(=O)c3c(c(OC(C)CC)c4ccccc4c3OC)C2=O)cc1. The van der Waals surface area contributed by atoms with Gasteiger partial charge in [0.15, 0.2) is 0 Å². The summed E-state index contributed by atoms with van der Waals surface area (Å²) in [5.41, 5.74) is 1.53. The lowest BCUT2D eigenvalue weighted by atomic mass is 9.98. The number of hydrogen-bond donors (Lipinski definition) is 0. The van der Waals surface area contributed by atoms with Crippen molar-refractivity contribution in [2.45, 2.75) is 39.7 Å². The van der Waals surface area contributed by atoms with E-state index in [1.165, 1.54) is 7.11 Å². The predicted molar refractivity (Wildman–Crippen MR) is 129 cm³/mol. The van der Waals surface area contributed by atoms with Gasteiger partial charge in [-0.1, -0.05) is 43.3 Å². The Morgan fingerprint density at radius 3 is 2.06 bits per heavy atom. The fourth-order valence-corrected chi connectivity index (χ4v) is 4.09. The lowest BCUT2D eigenvalue weighted by Crippen LogP contribution is -2.29. The van der Waals surface area contributed by atoms with Crippen molar-refractivity contribution in [3.8, 4) is 11.5 Å². The molecule has 0 aromatic heterocycles. The molecule has 1 aliphatic heterocycles. The lowest BCUT2D eigenvalue weighted by Gasteiger charge is -2.19. The molecule has 3 aromatic rings. The number of carbonyl (C=O) groups excluding carboxylic acids is 3. The first-order chi connectivity index (χ1) is 16.4. The van der Waals surface area contributed by atoms with E-state index in [0.29, 0.717) is 34.6 Å². The van der Waals surface area contributed by atoms with Crippen LogP contribution in [0.4, 0.5) is 5.69 Å². The molecule has 3 aromatic carbocycles. The molecule has 0 fully saturated rings. The molecule has 2 amide bonds. The Morgan fingerprint density at radius 1 is 0.912 bits per heavy atom. The second-order valence-electron chi connectivity index (χ2n) is 8.09. The van der Waals surface area contributed by atoms with E-state index >= 15 is 0 Å². The molecule has 4 rings (SSSR count). The zero-order valence-electron chi connectivity index (χ0n) is 19.7. The summed E-state index contributed by atoms with van der Waals surface area (Å²) in [6, 6.07) is 14.1. The molecule has 0 saturated carbocycles. The fourth-order valence-electron chi connectivity index (χ4n) is 4.09. The van der Waals surface area contributed by atoms with Crippen molar-refractivity contribution in [3.63, 3.8) is 0 Å². The Hall–Kier alpha value is -3.87. The van der Waals surface area contributed by atoms with E-state index in [4.69, 9.17) is 14.2 Å². The van der Waals surface area contributed by atoms with Gasteiger partial charge in [0.25, 0.3) is 11.8 Å². The van der Waals surface area contributed by atoms with Crippen molar-refractivity contribution < 1.29 is 28.6 Å². The maximum atomic E-state index is 13.7. The number of carbonyl (C=O) groups is 3. The molecule has 0 saturated heterocycles. The van der Waals surface area contributed by atoms with E-state index in [2.05, 4.69) is 0 Å². The Labute approximate surface area is 198 Å². The highest BCUT2D eigenvalue weighted by atomic mass is 16.5. The summed E-state index contributed by atoms with van der Waals surface area (Å²) < 4.78 is 16.8. The Bertz CT molecular complexity index is 1260. The van der Waals surface area contributed by atoms with E-state index in [1.54, 1.807) is 31.2 Å². The average Bonchev–Trinajstić information content (AvgIpc) is 3.10. The lowest BCUT2D eigenvalue weighted by molar-refractivity contribution is -0.142. The van der Waals surface area contributed by atoms with Crippen LogP contribution in [-0.4, -0.2) is 37.6 Å². The molecule has 0 bridgehead atoms. The van der Waals surface area contributed by atoms with E-state index in [-0.39, 0.29) is 29.6 Å². The van der Waals surface area contributed by atoms with E-state index < -0.39 is 11.8 Å². The zero-order chi connectivity index (χ0) is 24.4. The van der Waals surface area contributed by atoms with Crippen LogP contribution < -0.4 is 14.4 Å². The summed E-state index contributed by atoms with van der Waals surface area (Å²) in [5, 5.41) is 1.42. The van der Waals surface area contributed by atoms with Gasteiger partial charge in [0.2, 0.25) is 0 Å². The first-order valence-corrected chi connectivity index (χ1v) is 11.3. The van der Waals surface area contributed by atoms with Crippen LogP contribution in [0.2, 0.25) is 0 Å². The molecule has 1 unspecified atom stereocenters. The predicted octanol–water partition coefficient (Wildman–Crippen LogP) is 4.93. The largest absolute Gasteiger partial charge is 0.495 e. The number of methoxy groups -OCH3 is 1. The minimum Gasteiger partial charge on any atom is -0.495 e. The second kappa shape index (κ2) is 9.55. The molecule has 1 atom stereocenters. The first-order valence-electron chi connectivity index (χ1n) is 11.3. The number of ether oxygens (including phenoxy) is 3. The third kappa shape index (κ3) is 3.98. The standard InChI is InChI=1S/C27H27NO6/c1-5-16(3)34-25-20-10-8-7-9-19(20)24(32-4)22-23(25)27(31)28(26(22)30)18-13-11-17(12-14-18)15-21(29)33-6-2/h7-14,16H,5-6,15H2,1-4H3. The number of fused-ring (bicyclic) bond motifs is 2. The summed E-state index contributed by atoms with van der Waals surface area (Å²) in [7, 11) is 1.49. The number of benzene rings is 3. The van der Waals surface area contributed by atoms with Gasteiger partial charge in [-0.15, -0.1) is 0 Å².